The lowest BCUT2D eigenvalue weighted by Crippen LogP contribution is -2.25. The maximum absolute atomic E-state index is 12.2. The second-order valence-electron chi connectivity index (χ2n) is 4.28. The van der Waals surface area contributed by atoms with E-state index in [4.69, 9.17) is 9.47 Å². The normalized spacial score (nSPS) is 11.8. The Hall–Kier alpha value is 0.01000. The first-order chi connectivity index (χ1) is 9.97. The third-order valence-electron chi connectivity index (χ3n) is 2.62. The monoisotopic (exact) mass is 443 g/mol. The molecule has 0 aliphatic carbocycles. The molecular weight excluding hydrogens is 426 g/mol. The molecule has 0 unspecified atom stereocenters. The molecule has 0 radical (unpaired) electrons. The molecule has 0 fully saturated rings. The van der Waals surface area contributed by atoms with Crippen molar-refractivity contribution in [3.05, 3.63) is 27.1 Å². The van der Waals surface area contributed by atoms with Crippen LogP contribution >= 0.6 is 31.9 Å². The predicted molar refractivity (Wildman–Crippen MR) is 89.0 cm³/mol. The Labute approximate surface area is 142 Å². The van der Waals surface area contributed by atoms with Crippen molar-refractivity contribution in [2.24, 2.45) is 0 Å². The lowest BCUT2D eigenvalue weighted by Gasteiger charge is -2.09. The average Bonchev–Trinajstić information content (AvgIpc) is 2.44. The first-order valence-corrected chi connectivity index (χ1v) is 9.55. The zero-order chi connectivity index (χ0) is 15.7. The van der Waals surface area contributed by atoms with Gasteiger partial charge in [-0.05, 0) is 47.0 Å². The molecule has 0 saturated carbocycles. The number of rotatable bonds is 10. The maximum Gasteiger partial charge on any atom is 0.241 e. The summed E-state index contributed by atoms with van der Waals surface area (Å²) in [6.45, 7) is 2.12. The molecule has 0 aromatic heterocycles. The van der Waals surface area contributed by atoms with E-state index < -0.39 is 10.0 Å². The van der Waals surface area contributed by atoms with Gasteiger partial charge < -0.3 is 9.47 Å². The number of unbranched alkanes of at least 4 members (excludes halogenated alkanes) is 1. The summed E-state index contributed by atoms with van der Waals surface area (Å²) in [5.41, 5.74) is 0. The fourth-order valence-corrected chi connectivity index (χ4v) is 4.11. The summed E-state index contributed by atoms with van der Waals surface area (Å²) in [7, 11) is -1.88. The predicted octanol–water partition coefficient (Wildman–Crippen LogP) is 2.93. The summed E-state index contributed by atoms with van der Waals surface area (Å²) in [5.74, 6) is 0. The lowest BCUT2D eigenvalue weighted by molar-refractivity contribution is 0.0689. The van der Waals surface area contributed by atoms with Crippen molar-refractivity contribution in [2.75, 3.05) is 33.5 Å². The summed E-state index contributed by atoms with van der Waals surface area (Å²) >= 11 is 6.52. The van der Waals surface area contributed by atoms with Gasteiger partial charge in [-0.25, -0.2) is 13.1 Å². The topological polar surface area (TPSA) is 64.6 Å². The van der Waals surface area contributed by atoms with Gasteiger partial charge in [0.15, 0.2) is 0 Å². The molecule has 0 amide bonds. The van der Waals surface area contributed by atoms with E-state index in [1.165, 1.54) is 0 Å². The lowest BCUT2D eigenvalue weighted by atomic mass is 10.3. The van der Waals surface area contributed by atoms with Gasteiger partial charge in [0.2, 0.25) is 10.0 Å². The highest BCUT2D eigenvalue weighted by Crippen LogP contribution is 2.25. The minimum atomic E-state index is -3.50. The summed E-state index contributed by atoms with van der Waals surface area (Å²) in [4.78, 5) is 0.230. The summed E-state index contributed by atoms with van der Waals surface area (Å²) in [6.07, 6.45) is 1.52. The Kier molecular flexibility index (Phi) is 9.00. The number of ether oxygens (including phenoxy) is 2. The average molecular weight is 445 g/mol. The number of hydrogen-bond donors (Lipinski definition) is 1. The molecule has 1 rings (SSSR count). The van der Waals surface area contributed by atoms with Crippen LogP contribution in [0.1, 0.15) is 12.8 Å². The largest absolute Gasteiger partial charge is 0.382 e. The van der Waals surface area contributed by atoms with E-state index >= 15 is 0 Å². The highest BCUT2D eigenvalue weighted by molar-refractivity contribution is 9.11. The first-order valence-electron chi connectivity index (χ1n) is 6.49. The highest BCUT2D eigenvalue weighted by atomic mass is 79.9. The zero-order valence-electron chi connectivity index (χ0n) is 11.8. The molecule has 21 heavy (non-hydrogen) atoms. The number of sulfonamides is 1. The van der Waals surface area contributed by atoms with E-state index in [0.29, 0.717) is 30.8 Å². The minimum absolute atomic E-state index is 0.230. The van der Waals surface area contributed by atoms with Crippen LogP contribution < -0.4 is 4.72 Å². The van der Waals surface area contributed by atoms with Crippen LogP contribution in [0.15, 0.2) is 32.0 Å². The molecular formula is C13H19Br2NO4S. The molecule has 0 spiro atoms. The smallest absolute Gasteiger partial charge is 0.241 e. The van der Waals surface area contributed by atoms with Crippen molar-refractivity contribution in [1.82, 2.24) is 4.72 Å². The molecule has 0 saturated heterocycles. The van der Waals surface area contributed by atoms with E-state index in [1.54, 1.807) is 25.3 Å². The molecule has 0 bridgehead atoms. The third-order valence-corrected chi connectivity index (χ3v) is 5.57. The van der Waals surface area contributed by atoms with Crippen molar-refractivity contribution in [2.45, 2.75) is 17.7 Å². The van der Waals surface area contributed by atoms with Gasteiger partial charge in [0.1, 0.15) is 0 Å². The van der Waals surface area contributed by atoms with Crippen molar-refractivity contribution in [3.8, 4) is 0 Å². The Balaban J connectivity index is 2.35. The van der Waals surface area contributed by atoms with E-state index in [2.05, 4.69) is 36.6 Å². The van der Waals surface area contributed by atoms with Gasteiger partial charge >= 0.3 is 0 Å². The molecule has 0 heterocycles. The van der Waals surface area contributed by atoms with Crippen LogP contribution in [0.25, 0.3) is 0 Å². The van der Waals surface area contributed by atoms with Crippen LogP contribution in [-0.4, -0.2) is 41.9 Å². The number of methoxy groups -OCH3 is 1. The SMILES string of the molecule is COCCOCCCCNS(=O)(=O)c1cc(Br)ccc1Br. The van der Waals surface area contributed by atoms with Gasteiger partial charge in [0.05, 0.1) is 18.1 Å². The Morgan fingerprint density at radius 3 is 2.62 bits per heavy atom. The molecule has 1 aromatic carbocycles. The number of hydrogen-bond acceptors (Lipinski definition) is 4. The Bertz CT molecular complexity index is 537. The van der Waals surface area contributed by atoms with Crippen molar-refractivity contribution in [3.63, 3.8) is 0 Å². The first kappa shape index (κ1) is 19.1. The number of nitrogens with one attached hydrogen (secondary N) is 1. The van der Waals surface area contributed by atoms with Crippen molar-refractivity contribution >= 4 is 41.9 Å². The number of benzene rings is 1. The van der Waals surface area contributed by atoms with Crippen molar-refractivity contribution < 1.29 is 17.9 Å². The van der Waals surface area contributed by atoms with E-state index in [9.17, 15) is 8.42 Å². The van der Waals surface area contributed by atoms with Crippen LogP contribution in [0.5, 0.6) is 0 Å². The van der Waals surface area contributed by atoms with Gasteiger partial charge in [0.25, 0.3) is 0 Å². The molecule has 0 atom stereocenters. The molecule has 5 nitrogen and oxygen atoms in total. The Morgan fingerprint density at radius 2 is 1.90 bits per heavy atom. The van der Waals surface area contributed by atoms with Gasteiger partial charge in [-0.15, -0.1) is 0 Å². The molecule has 0 aliphatic heterocycles. The molecule has 8 heteroatoms. The molecule has 1 N–H and O–H groups in total. The van der Waals surface area contributed by atoms with E-state index in [1.807, 2.05) is 0 Å². The van der Waals surface area contributed by atoms with Gasteiger partial charge in [-0.1, -0.05) is 15.9 Å². The second-order valence-corrected chi connectivity index (χ2v) is 7.79. The molecule has 0 aliphatic rings. The van der Waals surface area contributed by atoms with E-state index in [-0.39, 0.29) is 4.90 Å². The summed E-state index contributed by atoms with van der Waals surface area (Å²) < 4.78 is 38.4. The van der Waals surface area contributed by atoms with Crippen LogP contribution in [0, 0.1) is 0 Å². The summed E-state index contributed by atoms with van der Waals surface area (Å²) in [5, 5.41) is 0. The van der Waals surface area contributed by atoms with Gasteiger partial charge in [-0.2, -0.15) is 0 Å². The van der Waals surface area contributed by atoms with Gasteiger partial charge in [0, 0.05) is 29.2 Å². The minimum Gasteiger partial charge on any atom is -0.382 e. The molecule has 120 valence electrons. The standard InChI is InChI=1S/C13H19Br2NO4S/c1-19-8-9-20-7-3-2-6-16-21(17,18)13-10-11(14)4-5-12(13)15/h4-5,10,16H,2-3,6-9H2,1H3. The highest BCUT2D eigenvalue weighted by Gasteiger charge is 2.17. The van der Waals surface area contributed by atoms with Gasteiger partial charge in [-0.3, -0.25) is 0 Å². The van der Waals surface area contributed by atoms with Crippen LogP contribution in [0.2, 0.25) is 0 Å². The van der Waals surface area contributed by atoms with Crippen LogP contribution in [0.3, 0.4) is 0 Å². The Morgan fingerprint density at radius 1 is 1.14 bits per heavy atom. The number of halogens is 2. The quantitative estimate of drug-likeness (QED) is 0.563. The third kappa shape index (κ3) is 7.21. The second kappa shape index (κ2) is 9.91. The zero-order valence-corrected chi connectivity index (χ0v) is 15.8. The van der Waals surface area contributed by atoms with E-state index in [0.717, 1.165) is 17.3 Å². The van der Waals surface area contributed by atoms with Crippen LogP contribution in [0.4, 0.5) is 0 Å². The fourth-order valence-electron chi connectivity index (χ4n) is 1.54. The van der Waals surface area contributed by atoms with Crippen molar-refractivity contribution in [1.29, 1.82) is 0 Å². The maximum atomic E-state index is 12.2. The fraction of sp³-hybridized carbons (Fsp3) is 0.538. The molecule has 1 aromatic rings. The summed E-state index contributed by atoms with van der Waals surface area (Å²) in [6, 6.07) is 5.04. The van der Waals surface area contributed by atoms with Crippen LogP contribution in [-0.2, 0) is 19.5 Å².